The van der Waals surface area contributed by atoms with Crippen LogP contribution in [0.1, 0.15) is 22.7 Å². The SMILES string of the molecule is COc1c(Cl)cc(C)cc1/C(O)=C1\C(=O)C(=O)N(c2ccc(OC(F)(F)F)cc2)C1c1ccccc1. The first-order chi connectivity index (χ1) is 17.0. The van der Waals surface area contributed by atoms with Gasteiger partial charge in [-0.3, -0.25) is 14.5 Å². The molecule has 1 amide bonds. The number of carbonyl (C=O) groups excluding carboxylic acids is 2. The van der Waals surface area contributed by atoms with Crippen LogP contribution in [0, 0.1) is 6.92 Å². The van der Waals surface area contributed by atoms with Crippen LogP contribution in [-0.2, 0) is 9.59 Å². The molecular weight excluding hydrogens is 499 g/mol. The summed E-state index contributed by atoms with van der Waals surface area (Å²) in [4.78, 5) is 27.6. The minimum atomic E-state index is -4.89. The molecule has 0 saturated carbocycles. The lowest BCUT2D eigenvalue weighted by Gasteiger charge is -2.26. The van der Waals surface area contributed by atoms with E-state index in [-0.39, 0.29) is 27.6 Å². The maximum absolute atomic E-state index is 13.3. The highest BCUT2D eigenvalue weighted by molar-refractivity contribution is 6.51. The van der Waals surface area contributed by atoms with E-state index in [9.17, 15) is 27.9 Å². The molecule has 0 aliphatic carbocycles. The number of anilines is 1. The van der Waals surface area contributed by atoms with Gasteiger partial charge >= 0.3 is 6.36 Å². The Labute approximate surface area is 209 Å². The number of hydrogen-bond donors (Lipinski definition) is 1. The van der Waals surface area contributed by atoms with Crippen molar-refractivity contribution in [3.05, 3.63) is 94.0 Å². The van der Waals surface area contributed by atoms with Gasteiger partial charge in [0.2, 0.25) is 0 Å². The average molecular weight is 518 g/mol. The third kappa shape index (κ3) is 4.74. The molecule has 0 aromatic heterocycles. The van der Waals surface area contributed by atoms with E-state index in [0.717, 1.165) is 17.0 Å². The first kappa shape index (κ1) is 25.1. The van der Waals surface area contributed by atoms with E-state index in [1.54, 1.807) is 49.4 Å². The number of aryl methyl sites for hydroxylation is 1. The molecule has 1 fully saturated rings. The lowest BCUT2D eigenvalue weighted by Crippen LogP contribution is -2.29. The van der Waals surface area contributed by atoms with Gasteiger partial charge in [0.05, 0.1) is 29.3 Å². The number of ether oxygens (including phenoxy) is 2. The molecule has 1 heterocycles. The highest BCUT2D eigenvalue weighted by Crippen LogP contribution is 2.44. The fraction of sp³-hybridized carbons (Fsp3) is 0.154. The van der Waals surface area contributed by atoms with Crippen LogP contribution >= 0.6 is 11.6 Å². The second-order valence-corrected chi connectivity index (χ2v) is 8.36. The molecule has 1 aliphatic heterocycles. The highest BCUT2D eigenvalue weighted by atomic mass is 35.5. The Bertz CT molecular complexity index is 1350. The van der Waals surface area contributed by atoms with Crippen molar-refractivity contribution in [1.82, 2.24) is 0 Å². The number of nitrogens with zero attached hydrogens (tertiary/aromatic N) is 1. The van der Waals surface area contributed by atoms with Gasteiger partial charge < -0.3 is 14.6 Å². The van der Waals surface area contributed by atoms with E-state index in [4.69, 9.17) is 16.3 Å². The number of aliphatic hydroxyl groups is 1. The number of carbonyl (C=O) groups is 2. The maximum atomic E-state index is 13.3. The summed E-state index contributed by atoms with van der Waals surface area (Å²) in [5.41, 5.74) is 1.20. The van der Waals surface area contributed by atoms with Crippen molar-refractivity contribution >= 4 is 34.7 Å². The van der Waals surface area contributed by atoms with E-state index in [1.165, 1.54) is 19.2 Å². The topological polar surface area (TPSA) is 76.1 Å². The fourth-order valence-corrected chi connectivity index (χ4v) is 4.47. The van der Waals surface area contributed by atoms with Crippen molar-refractivity contribution in [2.75, 3.05) is 12.0 Å². The largest absolute Gasteiger partial charge is 0.573 e. The molecule has 36 heavy (non-hydrogen) atoms. The van der Waals surface area contributed by atoms with Crippen molar-refractivity contribution in [3.8, 4) is 11.5 Å². The van der Waals surface area contributed by atoms with E-state index in [1.807, 2.05) is 0 Å². The number of Topliss-reactive ketones (excluding diaryl/α,β-unsaturated/α-hetero) is 1. The lowest BCUT2D eigenvalue weighted by atomic mass is 9.94. The van der Waals surface area contributed by atoms with Gasteiger partial charge in [-0.1, -0.05) is 41.9 Å². The Morgan fingerprint density at radius 2 is 1.67 bits per heavy atom. The second kappa shape index (κ2) is 9.58. The maximum Gasteiger partial charge on any atom is 0.573 e. The Kier molecular flexibility index (Phi) is 6.69. The summed E-state index contributed by atoms with van der Waals surface area (Å²) in [5, 5.41) is 11.5. The van der Waals surface area contributed by atoms with Gasteiger partial charge in [-0.05, 0) is 54.4 Å². The van der Waals surface area contributed by atoms with E-state index >= 15 is 0 Å². The normalized spacial score (nSPS) is 17.4. The molecule has 6 nitrogen and oxygen atoms in total. The van der Waals surface area contributed by atoms with E-state index in [0.29, 0.717) is 11.1 Å². The summed E-state index contributed by atoms with van der Waals surface area (Å²) in [5.74, 6) is -2.81. The summed E-state index contributed by atoms with van der Waals surface area (Å²) in [6.45, 7) is 1.74. The summed E-state index contributed by atoms with van der Waals surface area (Å²) < 4.78 is 47.0. The summed E-state index contributed by atoms with van der Waals surface area (Å²) in [6, 6.07) is 15.1. The second-order valence-electron chi connectivity index (χ2n) is 7.95. The molecule has 10 heteroatoms. The molecule has 1 saturated heterocycles. The Balaban J connectivity index is 1.90. The van der Waals surface area contributed by atoms with Crippen LogP contribution in [0.2, 0.25) is 5.02 Å². The van der Waals surface area contributed by atoms with Gasteiger partial charge in [0, 0.05) is 5.69 Å². The number of hydrogen-bond acceptors (Lipinski definition) is 5. The standard InChI is InChI=1S/C26H19ClF3NO5/c1-14-12-18(24(35-2)19(27)13-14)22(32)20-21(15-6-4-3-5-7-15)31(25(34)23(20)33)16-8-10-17(11-9-16)36-26(28,29)30/h3-13,21,32H,1-2H3/b22-20+. The number of ketones is 1. The van der Waals surface area contributed by atoms with Crippen LogP contribution in [0.3, 0.4) is 0 Å². The zero-order valence-corrected chi connectivity index (χ0v) is 19.7. The van der Waals surface area contributed by atoms with Gasteiger partial charge in [-0.15, -0.1) is 13.2 Å². The molecule has 1 atom stereocenters. The van der Waals surface area contributed by atoms with Gasteiger partial charge in [-0.25, -0.2) is 0 Å². The van der Waals surface area contributed by atoms with Gasteiger partial charge in [0.15, 0.2) is 0 Å². The van der Waals surface area contributed by atoms with Gasteiger partial charge in [0.25, 0.3) is 11.7 Å². The van der Waals surface area contributed by atoms with E-state index < -0.39 is 35.6 Å². The van der Waals surface area contributed by atoms with Crippen LogP contribution < -0.4 is 14.4 Å². The molecule has 1 aliphatic rings. The first-order valence-corrected chi connectivity index (χ1v) is 11.0. The Morgan fingerprint density at radius 1 is 1.03 bits per heavy atom. The minimum absolute atomic E-state index is 0.117. The predicted octanol–water partition coefficient (Wildman–Crippen LogP) is 6.18. The molecule has 4 rings (SSSR count). The van der Waals surface area contributed by atoms with E-state index in [2.05, 4.69) is 4.74 Å². The highest BCUT2D eigenvalue weighted by Gasteiger charge is 2.47. The summed E-state index contributed by atoms with van der Waals surface area (Å²) >= 11 is 6.28. The fourth-order valence-electron chi connectivity index (χ4n) is 4.12. The van der Waals surface area contributed by atoms with Crippen LogP contribution in [0.5, 0.6) is 11.5 Å². The monoisotopic (exact) mass is 517 g/mol. The van der Waals surface area contributed by atoms with Crippen LogP contribution in [0.25, 0.3) is 5.76 Å². The Morgan fingerprint density at radius 3 is 2.25 bits per heavy atom. The third-order valence-electron chi connectivity index (χ3n) is 5.56. The molecule has 0 spiro atoms. The minimum Gasteiger partial charge on any atom is -0.507 e. The van der Waals surface area contributed by atoms with Crippen LogP contribution in [-0.4, -0.2) is 30.3 Å². The van der Waals surface area contributed by atoms with Gasteiger partial charge in [-0.2, -0.15) is 0 Å². The predicted molar refractivity (Wildman–Crippen MR) is 127 cm³/mol. The molecular formula is C26H19ClF3NO5. The smallest absolute Gasteiger partial charge is 0.507 e. The molecule has 0 radical (unpaired) electrons. The zero-order valence-electron chi connectivity index (χ0n) is 19.0. The third-order valence-corrected chi connectivity index (χ3v) is 5.84. The number of benzene rings is 3. The number of aliphatic hydroxyl groups excluding tert-OH is 1. The Hall–Kier alpha value is -3.98. The number of halogens is 4. The van der Waals surface area contributed by atoms with Gasteiger partial charge in [0.1, 0.15) is 17.3 Å². The van der Waals surface area contributed by atoms with Crippen LogP contribution in [0.15, 0.2) is 72.3 Å². The molecule has 3 aromatic rings. The first-order valence-electron chi connectivity index (χ1n) is 10.6. The average Bonchev–Trinajstić information content (AvgIpc) is 3.09. The van der Waals surface area contributed by atoms with Crippen molar-refractivity contribution in [2.24, 2.45) is 0 Å². The zero-order chi connectivity index (χ0) is 26.2. The molecule has 1 unspecified atom stereocenters. The van der Waals surface area contributed by atoms with Crippen molar-refractivity contribution < 1.29 is 37.3 Å². The molecule has 1 N–H and O–H groups in total. The molecule has 3 aromatic carbocycles. The van der Waals surface area contributed by atoms with Crippen molar-refractivity contribution in [2.45, 2.75) is 19.3 Å². The molecule has 186 valence electrons. The number of rotatable bonds is 5. The van der Waals surface area contributed by atoms with Crippen LogP contribution in [0.4, 0.5) is 18.9 Å². The lowest BCUT2D eigenvalue weighted by molar-refractivity contribution is -0.274. The molecule has 0 bridgehead atoms. The number of alkyl halides is 3. The number of amides is 1. The summed E-state index contributed by atoms with van der Waals surface area (Å²) in [6.07, 6.45) is -4.89. The van der Waals surface area contributed by atoms with Crippen molar-refractivity contribution in [1.29, 1.82) is 0 Å². The quantitative estimate of drug-likeness (QED) is 0.248. The number of methoxy groups -OCH3 is 1. The van der Waals surface area contributed by atoms with Crippen molar-refractivity contribution in [3.63, 3.8) is 0 Å². The summed E-state index contributed by atoms with van der Waals surface area (Å²) in [7, 11) is 1.35.